The summed E-state index contributed by atoms with van der Waals surface area (Å²) in [6.07, 6.45) is 0.327. The van der Waals surface area contributed by atoms with Crippen molar-refractivity contribution in [2.24, 2.45) is 0 Å². The topological polar surface area (TPSA) is 28.6 Å². The van der Waals surface area contributed by atoms with Crippen molar-refractivity contribution in [2.75, 3.05) is 38.2 Å². The number of benzene rings is 1. The minimum absolute atomic E-state index is 0.327. The van der Waals surface area contributed by atoms with Crippen molar-refractivity contribution in [1.29, 1.82) is 0 Å². The summed E-state index contributed by atoms with van der Waals surface area (Å²) >= 11 is 1.73. The molecule has 0 radical (unpaired) electrons. The minimum Gasteiger partial charge on any atom is -0.373 e. The normalized spacial score (nSPS) is 26.0. The van der Waals surface area contributed by atoms with Crippen molar-refractivity contribution < 1.29 is 4.74 Å². The summed E-state index contributed by atoms with van der Waals surface area (Å²) in [7, 11) is 2.20. The van der Waals surface area contributed by atoms with Crippen LogP contribution >= 0.6 is 11.3 Å². The first-order valence-electron chi connectivity index (χ1n) is 7.39. The van der Waals surface area contributed by atoms with Gasteiger partial charge >= 0.3 is 0 Å². The lowest BCUT2D eigenvalue weighted by Gasteiger charge is -2.33. The van der Waals surface area contributed by atoms with Gasteiger partial charge in [0.15, 0.2) is 5.13 Å². The van der Waals surface area contributed by atoms with Gasteiger partial charge in [-0.3, -0.25) is 4.90 Å². The van der Waals surface area contributed by atoms with E-state index in [1.54, 1.807) is 11.3 Å². The number of morpholine rings is 1. The van der Waals surface area contributed by atoms with Crippen LogP contribution in [0.3, 0.4) is 0 Å². The van der Waals surface area contributed by atoms with E-state index in [9.17, 15) is 0 Å². The molecular weight excluding hydrogens is 282 g/mol. The van der Waals surface area contributed by atoms with E-state index in [1.807, 2.05) is 6.07 Å². The highest BCUT2D eigenvalue weighted by atomic mass is 32.1. The van der Waals surface area contributed by atoms with Crippen LogP contribution < -0.4 is 4.90 Å². The minimum atomic E-state index is 0.327. The van der Waals surface area contributed by atoms with Gasteiger partial charge in [-0.15, -0.1) is 11.3 Å². The van der Waals surface area contributed by atoms with Gasteiger partial charge in [0.2, 0.25) is 0 Å². The molecule has 5 heteroatoms. The van der Waals surface area contributed by atoms with Gasteiger partial charge in [0.25, 0.3) is 0 Å². The fourth-order valence-corrected chi connectivity index (χ4v) is 4.02. The Labute approximate surface area is 129 Å². The zero-order chi connectivity index (χ0) is 14.2. The molecule has 110 valence electrons. The van der Waals surface area contributed by atoms with Crippen LogP contribution in [-0.4, -0.2) is 55.3 Å². The molecule has 2 aliphatic rings. The highest BCUT2D eigenvalue weighted by Crippen LogP contribution is 2.31. The van der Waals surface area contributed by atoms with Crippen molar-refractivity contribution in [1.82, 2.24) is 9.88 Å². The van der Waals surface area contributed by atoms with Crippen molar-refractivity contribution in [3.8, 4) is 11.3 Å². The average molecular weight is 301 g/mol. The van der Waals surface area contributed by atoms with Crippen LogP contribution in [0.25, 0.3) is 11.3 Å². The van der Waals surface area contributed by atoms with E-state index in [1.165, 1.54) is 5.56 Å². The molecule has 3 heterocycles. The van der Waals surface area contributed by atoms with E-state index in [2.05, 4.69) is 46.5 Å². The molecule has 1 aromatic carbocycles. The molecule has 4 rings (SSSR count). The Kier molecular flexibility index (Phi) is 3.41. The van der Waals surface area contributed by atoms with Crippen LogP contribution in [0.15, 0.2) is 35.7 Å². The van der Waals surface area contributed by atoms with Gasteiger partial charge in [-0.1, -0.05) is 30.3 Å². The molecule has 21 heavy (non-hydrogen) atoms. The number of anilines is 1. The Hall–Kier alpha value is -1.43. The van der Waals surface area contributed by atoms with E-state index in [4.69, 9.17) is 9.72 Å². The molecule has 2 saturated heterocycles. The van der Waals surface area contributed by atoms with Gasteiger partial charge in [0, 0.05) is 30.6 Å². The Bertz CT molecular complexity index is 615. The summed E-state index contributed by atoms with van der Waals surface area (Å²) in [5.74, 6) is 0. The monoisotopic (exact) mass is 301 g/mol. The maximum Gasteiger partial charge on any atom is 0.186 e. The Balaban J connectivity index is 1.54. The molecule has 0 saturated carbocycles. The van der Waals surface area contributed by atoms with Crippen LogP contribution in [0.5, 0.6) is 0 Å². The Morgan fingerprint density at radius 1 is 1.24 bits per heavy atom. The zero-order valence-electron chi connectivity index (χ0n) is 12.1. The summed E-state index contributed by atoms with van der Waals surface area (Å²) in [5, 5.41) is 3.26. The Morgan fingerprint density at radius 2 is 2.10 bits per heavy atom. The van der Waals surface area contributed by atoms with Crippen molar-refractivity contribution in [2.45, 2.75) is 12.1 Å². The lowest BCUT2D eigenvalue weighted by molar-refractivity contribution is -0.0362. The van der Waals surface area contributed by atoms with Crippen molar-refractivity contribution >= 4 is 16.5 Å². The number of nitrogens with zero attached hydrogens (tertiary/aromatic N) is 3. The van der Waals surface area contributed by atoms with Crippen molar-refractivity contribution in [3.63, 3.8) is 0 Å². The molecule has 1 aromatic heterocycles. The zero-order valence-corrected chi connectivity index (χ0v) is 12.9. The summed E-state index contributed by atoms with van der Waals surface area (Å²) in [6, 6.07) is 10.9. The molecule has 2 unspecified atom stereocenters. The number of hydrogen-bond acceptors (Lipinski definition) is 5. The molecule has 0 bridgehead atoms. The lowest BCUT2D eigenvalue weighted by Crippen LogP contribution is -2.48. The number of aromatic nitrogens is 1. The van der Waals surface area contributed by atoms with Crippen LogP contribution in [-0.2, 0) is 4.74 Å². The standard InChI is InChI=1S/C16H19N3OS/c1-18-7-8-20-15-10-19(9-14(15)18)16-17-13(11-21-16)12-5-3-2-4-6-12/h2-6,11,14-15H,7-10H2,1H3. The van der Waals surface area contributed by atoms with Gasteiger partial charge in [-0.2, -0.15) is 0 Å². The predicted octanol–water partition coefficient (Wildman–Crippen LogP) is 2.33. The van der Waals surface area contributed by atoms with Crippen LogP contribution in [0, 0.1) is 0 Å². The molecular formula is C16H19N3OS. The summed E-state index contributed by atoms with van der Waals surface area (Å²) in [4.78, 5) is 9.60. The molecule has 2 atom stereocenters. The molecule has 2 aliphatic heterocycles. The molecule has 2 aromatic rings. The first-order valence-corrected chi connectivity index (χ1v) is 8.27. The van der Waals surface area contributed by atoms with E-state index >= 15 is 0 Å². The molecule has 2 fully saturated rings. The van der Waals surface area contributed by atoms with E-state index in [0.717, 1.165) is 37.1 Å². The maximum atomic E-state index is 5.91. The van der Waals surface area contributed by atoms with E-state index < -0.39 is 0 Å². The largest absolute Gasteiger partial charge is 0.373 e. The van der Waals surface area contributed by atoms with Crippen LogP contribution in [0.4, 0.5) is 5.13 Å². The van der Waals surface area contributed by atoms with E-state index in [-0.39, 0.29) is 0 Å². The average Bonchev–Trinajstić information content (AvgIpc) is 3.15. The van der Waals surface area contributed by atoms with Crippen molar-refractivity contribution in [3.05, 3.63) is 35.7 Å². The third-order valence-corrected chi connectivity index (χ3v) is 5.31. The number of thiazole rings is 1. The smallest absolute Gasteiger partial charge is 0.186 e. The fraction of sp³-hybridized carbons (Fsp3) is 0.438. The van der Waals surface area contributed by atoms with Gasteiger partial charge in [0.05, 0.1) is 24.4 Å². The number of hydrogen-bond donors (Lipinski definition) is 0. The Morgan fingerprint density at radius 3 is 2.90 bits per heavy atom. The highest BCUT2D eigenvalue weighted by Gasteiger charge is 2.39. The quantitative estimate of drug-likeness (QED) is 0.851. The second-order valence-corrected chi connectivity index (χ2v) is 6.58. The first-order chi connectivity index (χ1) is 10.3. The lowest BCUT2D eigenvalue weighted by atomic mass is 10.1. The predicted molar refractivity (Wildman–Crippen MR) is 85.9 cm³/mol. The second-order valence-electron chi connectivity index (χ2n) is 5.74. The van der Waals surface area contributed by atoms with Gasteiger partial charge < -0.3 is 9.64 Å². The number of rotatable bonds is 2. The number of ether oxygens (including phenoxy) is 1. The first kappa shape index (κ1) is 13.2. The molecule has 0 N–H and O–H groups in total. The summed E-state index contributed by atoms with van der Waals surface area (Å²) in [6.45, 7) is 3.85. The highest BCUT2D eigenvalue weighted by molar-refractivity contribution is 7.14. The number of fused-ring (bicyclic) bond motifs is 1. The summed E-state index contributed by atoms with van der Waals surface area (Å²) < 4.78 is 5.91. The maximum absolute atomic E-state index is 5.91. The SMILES string of the molecule is CN1CCOC2CN(c3nc(-c4ccccc4)cs3)CC21. The summed E-state index contributed by atoms with van der Waals surface area (Å²) in [5.41, 5.74) is 2.25. The van der Waals surface area contributed by atoms with Gasteiger partial charge in [0.1, 0.15) is 0 Å². The second kappa shape index (κ2) is 5.40. The molecule has 4 nitrogen and oxygen atoms in total. The third-order valence-electron chi connectivity index (χ3n) is 4.41. The van der Waals surface area contributed by atoms with Crippen LogP contribution in [0.1, 0.15) is 0 Å². The number of likely N-dealkylation sites (N-methyl/N-ethyl adjacent to an activating group) is 1. The fourth-order valence-electron chi connectivity index (χ4n) is 3.16. The van der Waals surface area contributed by atoms with Gasteiger partial charge in [-0.05, 0) is 7.05 Å². The molecule has 0 amide bonds. The van der Waals surface area contributed by atoms with Gasteiger partial charge in [-0.25, -0.2) is 4.98 Å². The van der Waals surface area contributed by atoms with E-state index in [0.29, 0.717) is 12.1 Å². The molecule has 0 spiro atoms. The third kappa shape index (κ3) is 2.46. The van der Waals surface area contributed by atoms with Crippen LogP contribution in [0.2, 0.25) is 0 Å². The molecule has 0 aliphatic carbocycles.